The number of halogens is 1. The van der Waals surface area contributed by atoms with Crippen LogP contribution in [-0.2, 0) is 11.8 Å². The van der Waals surface area contributed by atoms with Crippen molar-refractivity contribution in [2.45, 2.75) is 5.16 Å². The molecule has 1 N–H and O–H groups in total. The fourth-order valence-corrected chi connectivity index (χ4v) is 3.28. The summed E-state index contributed by atoms with van der Waals surface area (Å²) in [6, 6.07) is 11.7. The summed E-state index contributed by atoms with van der Waals surface area (Å²) in [5.74, 6) is -0.207. The zero-order valence-corrected chi connectivity index (χ0v) is 15.7. The Hall–Kier alpha value is -2.91. The van der Waals surface area contributed by atoms with Crippen LogP contribution >= 0.6 is 23.4 Å². The first-order valence-corrected chi connectivity index (χ1v) is 9.12. The monoisotopic (exact) mass is 403 g/mol. The van der Waals surface area contributed by atoms with E-state index in [-0.39, 0.29) is 17.3 Å². The molecule has 0 unspecified atom stereocenters. The highest BCUT2D eigenvalue weighted by molar-refractivity contribution is 7.99. The van der Waals surface area contributed by atoms with Gasteiger partial charge in [0.2, 0.25) is 0 Å². The van der Waals surface area contributed by atoms with E-state index < -0.39 is 4.92 Å². The van der Waals surface area contributed by atoms with Crippen molar-refractivity contribution in [1.29, 1.82) is 0 Å². The van der Waals surface area contributed by atoms with Gasteiger partial charge in [-0.25, -0.2) is 10.4 Å². The molecule has 0 bridgehead atoms. The largest absolute Gasteiger partial charge is 0.322 e. The molecular weight excluding hydrogens is 390 g/mol. The third-order valence-corrected chi connectivity index (χ3v) is 5.04. The van der Waals surface area contributed by atoms with Crippen LogP contribution in [0.25, 0.3) is 11.0 Å². The Labute approximate surface area is 163 Å². The number of nitrogens with zero attached hydrogens (tertiary/aromatic N) is 4. The Morgan fingerprint density at radius 1 is 1.41 bits per heavy atom. The lowest BCUT2D eigenvalue weighted by Gasteiger charge is -2.02. The maximum Gasteiger partial charge on any atom is 0.270 e. The molecule has 0 aliphatic rings. The minimum absolute atomic E-state index is 0.107. The number of aromatic nitrogens is 2. The van der Waals surface area contributed by atoms with Crippen LogP contribution in [0.3, 0.4) is 0 Å². The lowest BCUT2D eigenvalue weighted by atomic mass is 10.2. The number of non-ortho nitro benzene ring substituents is 1. The van der Waals surface area contributed by atoms with Gasteiger partial charge in [0, 0.05) is 29.8 Å². The highest BCUT2D eigenvalue weighted by Gasteiger charge is 2.11. The first-order chi connectivity index (χ1) is 13.0. The second kappa shape index (κ2) is 8.19. The number of carbonyl (C=O) groups is 1. The summed E-state index contributed by atoms with van der Waals surface area (Å²) < 4.78 is 1.92. The molecule has 8 nitrogen and oxygen atoms in total. The predicted molar refractivity (Wildman–Crippen MR) is 105 cm³/mol. The standard InChI is InChI=1S/C17H14ClN5O3S/c1-22-15-5-3-2-4-14(15)20-17(22)27-10-16(24)21-19-9-11-8-12(23(25)26)6-7-13(11)18/h2-9H,10H2,1H3,(H,21,24)/b19-9-. The number of nitro benzene ring substituents is 1. The molecule has 0 saturated carbocycles. The number of nitro groups is 1. The Kier molecular flexibility index (Phi) is 5.72. The molecule has 0 saturated heterocycles. The fourth-order valence-electron chi connectivity index (χ4n) is 2.33. The quantitative estimate of drug-likeness (QED) is 0.294. The van der Waals surface area contributed by atoms with Crippen LogP contribution < -0.4 is 5.43 Å². The van der Waals surface area contributed by atoms with Gasteiger partial charge in [-0.15, -0.1) is 0 Å². The van der Waals surface area contributed by atoms with Crippen molar-refractivity contribution in [2.24, 2.45) is 12.1 Å². The molecule has 1 amide bonds. The number of para-hydroxylation sites is 2. The highest BCUT2D eigenvalue weighted by atomic mass is 35.5. The van der Waals surface area contributed by atoms with Gasteiger partial charge >= 0.3 is 0 Å². The molecule has 1 aromatic heterocycles. The molecule has 10 heteroatoms. The summed E-state index contributed by atoms with van der Waals surface area (Å²) in [5.41, 5.74) is 4.46. The zero-order valence-electron chi connectivity index (χ0n) is 14.1. The number of fused-ring (bicyclic) bond motifs is 1. The third-order valence-electron chi connectivity index (χ3n) is 3.66. The van der Waals surface area contributed by atoms with E-state index in [0.717, 1.165) is 16.2 Å². The molecule has 0 fully saturated rings. The number of carbonyl (C=O) groups excluding carboxylic acids is 1. The topological polar surface area (TPSA) is 102 Å². The number of hydrazone groups is 1. The number of imidazole rings is 1. The van der Waals surface area contributed by atoms with E-state index >= 15 is 0 Å². The van der Waals surface area contributed by atoms with Gasteiger partial charge in [-0.3, -0.25) is 14.9 Å². The van der Waals surface area contributed by atoms with E-state index in [1.165, 1.54) is 36.2 Å². The SMILES string of the molecule is Cn1c(SCC(=O)N/N=C\c2cc([N+](=O)[O-])ccc2Cl)nc2ccccc21. The zero-order chi connectivity index (χ0) is 19.4. The Morgan fingerprint density at radius 2 is 2.19 bits per heavy atom. The average Bonchev–Trinajstić information content (AvgIpc) is 2.97. The molecule has 3 rings (SSSR count). The van der Waals surface area contributed by atoms with Crippen molar-refractivity contribution in [3.8, 4) is 0 Å². The smallest absolute Gasteiger partial charge is 0.270 e. The van der Waals surface area contributed by atoms with E-state index in [1.54, 1.807) is 0 Å². The highest BCUT2D eigenvalue weighted by Crippen LogP contribution is 2.22. The molecule has 0 atom stereocenters. The molecule has 0 aliphatic heterocycles. The number of amides is 1. The molecule has 0 spiro atoms. The van der Waals surface area contributed by atoms with Gasteiger partial charge in [0.15, 0.2) is 5.16 Å². The maximum atomic E-state index is 12.0. The molecule has 0 radical (unpaired) electrons. The predicted octanol–water partition coefficient (Wildman–Crippen LogP) is 3.38. The lowest BCUT2D eigenvalue weighted by Crippen LogP contribution is -2.19. The van der Waals surface area contributed by atoms with Gasteiger partial charge in [-0.1, -0.05) is 35.5 Å². The lowest BCUT2D eigenvalue weighted by molar-refractivity contribution is -0.384. The van der Waals surface area contributed by atoms with Crippen molar-refractivity contribution in [1.82, 2.24) is 15.0 Å². The Balaban J connectivity index is 1.59. The van der Waals surface area contributed by atoms with E-state index in [0.29, 0.717) is 10.6 Å². The second-order valence-corrected chi connectivity index (χ2v) is 6.84. The van der Waals surface area contributed by atoms with Gasteiger partial charge < -0.3 is 4.57 Å². The number of hydrogen-bond acceptors (Lipinski definition) is 6. The first kappa shape index (κ1) is 18.9. The van der Waals surface area contributed by atoms with Crippen molar-refractivity contribution < 1.29 is 9.72 Å². The second-order valence-electron chi connectivity index (χ2n) is 5.49. The van der Waals surface area contributed by atoms with Gasteiger partial charge in [0.25, 0.3) is 11.6 Å². The molecule has 1 heterocycles. The number of benzene rings is 2. The number of rotatable bonds is 6. The van der Waals surface area contributed by atoms with Crippen LogP contribution in [0.5, 0.6) is 0 Å². The maximum absolute atomic E-state index is 12.0. The van der Waals surface area contributed by atoms with E-state index in [2.05, 4.69) is 15.5 Å². The summed E-state index contributed by atoms with van der Waals surface area (Å²) in [5, 5.41) is 15.6. The van der Waals surface area contributed by atoms with Crippen molar-refractivity contribution >= 4 is 52.2 Å². The van der Waals surface area contributed by atoms with E-state index in [4.69, 9.17) is 11.6 Å². The van der Waals surface area contributed by atoms with Gasteiger partial charge in [0.1, 0.15) is 0 Å². The third kappa shape index (κ3) is 4.44. The van der Waals surface area contributed by atoms with Crippen molar-refractivity contribution in [2.75, 3.05) is 5.75 Å². The first-order valence-electron chi connectivity index (χ1n) is 7.76. The summed E-state index contributed by atoms with van der Waals surface area (Å²) >= 11 is 7.26. The molecule has 3 aromatic rings. The molecule has 27 heavy (non-hydrogen) atoms. The van der Waals surface area contributed by atoms with Crippen LogP contribution in [0.4, 0.5) is 5.69 Å². The molecule has 0 aliphatic carbocycles. The van der Waals surface area contributed by atoms with Crippen LogP contribution in [0.2, 0.25) is 5.02 Å². The number of thioether (sulfide) groups is 1. The average molecular weight is 404 g/mol. The summed E-state index contributed by atoms with van der Waals surface area (Å²) in [7, 11) is 1.89. The number of aryl methyl sites for hydroxylation is 1. The van der Waals surface area contributed by atoms with Crippen LogP contribution in [0.1, 0.15) is 5.56 Å². The number of hydrogen-bond donors (Lipinski definition) is 1. The van der Waals surface area contributed by atoms with E-state index in [9.17, 15) is 14.9 Å². The normalized spacial score (nSPS) is 11.2. The van der Waals surface area contributed by atoms with Crippen LogP contribution in [0.15, 0.2) is 52.7 Å². The van der Waals surface area contributed by atoms with Crippen molar-refractivity contribution in [3.05, 3.63) is 63.2 Å². The Bertz CT molecular complexity index is 1050. The Morgan fingerprint density at radius 3 is 2.93 bits per heavy atom. The summed E-state index contributed by atoms with van der Waals surface area (Å²) in [6.07, 6.45) is 1.27. The minimum atomic E-state index is -0.528. The van der Waals surface area contributed by atoms with Crippen LogP contribution in [0, 0.1) is 10.1 Å². The van der Waals surface area contributed by atoms with Gasteiger partial charge in [-0.05, 0) is 18.2 Å². The minimum Gasteiger partial charge on any atom is -0.322 e. The molecule has 2 aromatic carbocycles. The van der Waals surface area contributed by atoms with E-state index in [1.807, 2.05) is 35.9 Å². The van der Waals surface area contributed by atoms with Crippen LogP contribution in [-0.4, -0.2) is 32.3 Å². The van der Waals surface area contributed by atoms with Gasteiger partial charge in [-0.2, -0.15) is 5.10 Å². The van der Waals surface area contributed by atoms with Gasteiger partial charge in [0.05, 0.1) is 27.9 Å². The summed E-state index contributed by atoms with van der Waals surface area (Å²) in [6.45, 7) is 0. The number of nitrogens with one attached hydrogen (secondary N) is 1. The summed E-state index contributed by atoms with van der Waals surface area (Å²) in [4.78, 5) is 26.7. The molecule has 138 valence electrons. The van der Waals surface area contributed by atoms with Crippen molar-refractivity contribution in [3.63, 3.8) is 0 Å². The fraction of sp³-hybridized carbons (Fsp3) is 0.118. The molecular formula is C17H14ClN5O3S.